The molecule has 10 nitrogen and oxygen atoms in total. The van der Waals surface area contributed by atoms with Crippen LogP contribution in [0.15, 0.2) is 12.7 Å². The molecule has 0 saturated carbocycles. The summed E-state index contributed by atoms with van der Waals surface area (Å²) < 4.78 is 11.3. The van der Waals surface area contributed by atoms with Crippen LogP contribution in [0.3, 0.4) is 0 Å². The van der Waals surface area contributed by atoms with E-state index in [1.165, 1.54) is 24.3 Å². The van der Waals surface area contributed by atoms with Crippen LogP contribution in [0.5, 0.6) is 0 Å². The van der Waals surface area contributed by atoms with Gasteiger partial charge in [0.25, 0.3) is 0 Å². The molecular weight excluding hydrogens is 282 g/mol. The van der Waals surface area contributed by atoms with Crippen molar-refractivity contribution >= 4 is 23.0 Å². The number of nitrogens with two attached hydrogens (primary N) is 1. The van der Waals surface area contributed by atoms with Gasteiger partial charge in [-0.1, -0.05) is 0 Å². The average molecular weight is 295 g/mol. The summed E-state index contributed by atoms with van der Waals surface area (Å²) >= 11 is 0. The van der Waals surface area contributed by atoms with E-state index >= 15 is 0 Å². The molecule has 4 atom stereocenters. The van der Waals surface area contributed by atoms with Crippen molar-refractivity contribution in [3.05, 3.63) is 12.7 Å². The highest BCUT2D eigenvalue weighted by Crippen LogP contribution is 2.32. The van der Waals surface area contributed by atoms with Crippen molar-refractivity contribution in [2.75, 3.05) is 12.8 Å². The number of aromatic nitrogens is 4. The molecule has 1 fully saturated rings. The second-order valence-corrected chi connectivity index (χ2v) is 4.53. The highest BCUT2D eigenvalue weighted by molar-refractivity contribution is 5.81. The minimum Gasteiger partial charge on any atom is -0.467 e. The molecule has 0 aliphatic carbocycles. The topological polar surface area (TPSA) is 146 Å². The molecule has 1 aliphatic rings. The molecule has 0 spiro atoms. The first-order chi connectivity index (χ1) is 10.0. The summed E-state index contributed by atoms with van der Waals surface area (Å²) in [4.78, 5) is 23.4. The predicted octanol–water partition coefficient (Wildman–Crippen LogP) is -1.80. The molecule has 0 bridgehead atoms. The lowest BCUT2D eigenvalue weighted by Gasteiger charge is -2.16. The third kappa shape index (κ3) is 2.00. The Hall–Kier alpha value is -2.30. The van der Waals surface area contributed by atoms with Crippen LogP contribution in [0.1, 0.15) is 6.23 Å². The van der Waals surface area contributed by atoms with Crippen molar-refractivity contribution in [2.24, 2.45) is 0 Å². The molecule has 0 amide bonds. The summed E-state index contributed by atoms with van der Waals surface area (Å²) in [5.41, 5.74) is 6.33. The average Bonchev–Trinajstić information content (AvgIpc) is 3.02. The molecule has 1 saturated heterocycles. The number of aliphatic hydroxyl groups is 2. The van der Waals surface area contributed by atoms with Gasteiger partial charge in [0.05, 0.1) is 13.4 Å². The molecule has 4 N–H and O–H groups in total. The van der Waals surface area contributed by atoms with E-state index in [2.05, 4.69) is 19.7 Å². The standard InChI is InChI=1S/C11H13N5O5/c1-20-11(19)7-5(17)6(18)10(21-7)16-3-15-4-8(12)13-2-14-9(4)16/h2-3,5-7,10,17-18H,1H3,(H2,12,13,14)/t5-,6+,7-,10-/m1/s1. The number of ether oxygens (including phenoxy) is 2. The Morgan fingerprint density at radius 3 is 2.86 bits per heavy atom. The highest BCUT2D eigenvalue weighted by Gasteiger charge is 2.48. The number of carbonyl (C=O) groups is 1. The van der Waals surface area contributed by atoms with Crippen molar-refractivity contribution in [3.63, 3.8) is 0 Å². The molecule has 0 radical (unpaired) electrons. The Morgan fingerprint density at radius 1 is 1.38 bits per heavy atom. The van der Waals surface area contributed by atoms with Crippen LogP contribution in [-0.4, -0.2) is 61.1 Å². The van der Waals surface area contributed by atoms with E-state index in [1.807, 2.05) is 0 Å². The SMILES string of the molecule is COC(=O)[C@@H]1O[C@@H](n2cnc3c(N)ncnc32)[C@@H](O)[C@H]1O. The quantitative estimate of drug-likeness (QED) is 0.546. The van der Waals surface area contributed by atoms with Gasteiger partial charge in [0, 0.05) is 0 Å². The van der Waals surface area contributed by atoms with E-state index in [0.29, 0.717) is 11.2 Å². The first-order valence-electron chi connectivity index (χ1n) is 6.07. The second-order valence-electron chi connectivity index (χ2n) is 4.53. The van der Waals surface area contributed by atoms with Crippen molar-refractivity contribution < 1.29 is 24.5 Å². The van der Waals surface area contributed by atoms with Gasteiger partial charge < -0.3 is 25.4 Å². The van der Waals surface area contributed by atoms with E-state index in [1.54, 1.807) is 0 Å². The van der Waals surface area contributed by atoms with Gasteiger partial charge in [0.15, 0.2) is 23.8 Å². The summed E-state index contributed by atoms with van der Waals surface area (Å²) in [5, 5.41) is 20.0. The zero-order chi connectivity index (χ0) is 15.1. The Labute approximate surface area is 118 Å². The van der Waals surface area contributed by atoms with Crippen LogP contribution in [0.2, 0.25) is 0 Å². The minimum absolute atomic E-state index is 0.177. The number of imidazole rings is 1. The number of aliphatic hydroxyl groups excluding tert-OH is 2. The molecule has 2 aromatic heterocycles. The normalized spacial score (nSPS) is 28.9. The summed E-state index contributed by atoms with van der Waals surface area (Å²) in [6.07, 6.45) is -2.50. The van der Waals surface area contributed by atoms with Gasteiger partial charge >= 0.3 is 5.97 Å². The smallest absolute Gasteiger partial charge is 0.337 e. The van der Waals surface area contributed by atoms with Gasteiger partial charge in [-0.05, 0) is 0 Å². The van der Waals surface area contributed by atoms with Gasteiger partial charge in [-0.2, -0.15) is 0 Å². The number of methoxy groups -OCH3 is 1. The van der Waals surface area contributed by atoms with E-state index in [0.717, 1.165) is 0 Å². The van der Waals surface area contributed by atoms with Gasteiger partial charge in [-0.25, -0.2) is 19.7 Å². The summed E-state index contributed by atoms with van der Waals surface area (Å²) in [7, 11) is 1.17. The highest BCUT2D eigenvalue weighted by atomic mass is 16.6. The third-order valence-corrected chi connectivity index (χ3v) is 3.33. The molecule has 3 heterocycles. The largest absolute Gasteiger partial charge is 0.467 e. The number of rotatable bonds is 2. The molecule has 0 aromatic carbocycles. The number of anilines is 1. The fourth-order valence-electron chi connectivity index (χ4n) is 2.26. The summed E-state index contributed by atoms with van der Waals surface area (Å²) in [5.74, 6) is -0.598. The molecular formula is C11H13N5O5. The molecule has 2 aromatic rings. The Bertz CT molecular complexity index is 689. The van der Waals surface area contributed by atoms with E-state index in [9.17, 15) is 15.0 Å². The van der Waals surface area contributed by atoms with Crippen LogP contribution >= 0.6 is 0 Å². The van der Waals surface area contributed by atoms with Crippen molar-refractivity contribution in [3.8, 4) is 0 Å². The molecule has 0 unspecified atom stereocenters. The van der Waals surface area contributed by atoms with Gasteiger partial charge in [0.1, 0.15) is 24.1 Å². The number of fused-ring (bicyclic) bond motifs is 1. The van der Waals surface area contributed by atoms with E-state index < -0.39 is 30.5 Å². The molecule has 112 valence electrons. The van der Waals surface area contributed by atoms with Gasteiger partial charge in [-0.3, -0.25) is 4.57 Å². The summed E-state index contributed by atoms with van der Waals surface area (Å²) in [6, 6.07) is 0. The first kappa shape index (κ1) is 13.7. The lowest BCUT2D eigenvalue weighted by molar-refractivity contribution is -0.158. The van der Waals surface area contributed by atoms with Gasteiger partial charge in [0.2, 0.25) is 0 Å². The van der Waals surface area contributed by atoms with Crippen molar-refractivity contribution in [1.29, 1.82) is 0 Å². The number of hydrogen-bond acceptors (Lipinski definition) is 9. The number of nitrogens with zero attached hydrogens (tertiary/aromatic N) is 4. The maximum absolute atomic E-state index is 11.5. The Morgan fingerprint density at radius 2 is 2.14 bits per heavy atom. The van der Waals surface area contributed by atoms with Crippen LogP contribution in [0, 0.1) is 0 Å². The fraction of sp³-hybridized carbons (Fsp3) is 0.455. The molecule has 21 heavy (non-hydrogen) atoms. The number of esters is 1. The molecule has 3 rings (SSSR count). The number of hydrogen-bond donors (Lipinski definition) is 3. The molecule has 1 aliphatic heterocycles. The van der Waals surface area contributed by atoms with E-state index in [4.69, 9.17) is 10.5 Å². The number of carbonyl (C=O) groups excluding carboxylic acids is 1. The summed E-state index contributed by atoms with van der Waals surface area (Å²) in [6.45, 7) is 0. The van der Waals surface area contributed by atoms with Crippen LogP contribution in [0.25, 0.3) is 11.2 Å². The van der Waals surface area contributed by atoms with E-state index in [-0.39, 0.29) is 5.82 Å². The van der Waals surface area contributed by atoms with Gasteiger partial charge in [-0.15, -0.1) is 0 Å². The lowest BCUT2D eigenvalue weighted by atomic mass is 10.1. The van der Waals surface area contributed by atoms with Crippen LogP contribution < -0.4 is 5.73 Å². The zero-order valence-electron chi connectivity index (χ0n) is 10.9. The third-order valence-electron chi connectivity index (χ3n) is 3.33. The van der Waals surface area contributed by atoms with Crippen LogP contribution in [0.4, 0.5) is 5.82 Å². The monoisotopic (exact) mass is 295 g/mol. The number of nitrogen functional groups attached to an aromatic ring is 1. The predicted molar refractivity (Wildman–Crippen MR) is 67.7 cm³/mol. The Balaban J connectivity index is 2.00. The zero-order valence-corrected chi connectivity index (χ0v) is 10.9. The maximum Gasteiger partial charge on any atom is 0.337 e. The minimum atomic E-state index is -1.42. The fourth-order valence-corrected chi connectivity index (χ4v) is 2.26. The maximum atomic E-state index is 11.5. The van der Waals surface area contributed by atoms with Crippen molar-refractivity contribution in [1.82, 2.24) is 19.5 Å². The Kier molecular flexibility index (Phi) is 3.20. The van der Waals surface area contributed by atoms with Crippen LogP contribution in [-0.2, 0) is 14.3 Å². The second kappa shape index (κ2) is 4.91. The van der Waals surface area contributed by atoms with Crippen molar-refractivity contribution in [2.45, 2.75) is 24.5 Å². The molecule has 10 heteroatoms. The first-order valence-corrected chi connectivity index (χ1v) is 6.07. The lowest BCUT2D eigenvalue weighted by Crippen LogP contribution is -2.36.